The molecule has 12 nitrogen and oxygen atoms in total. The predicted molar refractivity (Wildman–Crippen MR) is 185 cm³/mol. The lowest BCUT2D eigenvalue weighted by molar-refractivity contribution is -0.157. The molecule has 0 rings (SSSR count). The number of rotatable bonds is 20. The van der Waals surface area contributed by atoms with Crippen LogP contribution >= 0.6 is 11.8 Å². The van der Waals surface area contributed by atoms with Gasteiger partial charge in [-0.3, -0.25) is 19.2 Å². The van der Waals surface area contributed by atoms with Crippen LogP contribution in [0.3, 0.4) is 0 Å². The lowest BCUT2D eigenvalue weighted by atomic mass is 9.89. The topological polar surface area (TPSA) is 175 Å². The molecule has 286 valence electrons. The van der Waals surface area contributed by atoms with E-state index in [0.29, 0.717) is 5.75 Å². The molecule has 0 saturated carbocycles. The Bertz CT molecular complexity index is 1070. The summed E-state index contributed by atoms with van der Waals surface area (Å²) >= 11 is 1.42. The zero-order valence-electron chi connectivity index (χ0n) is 30.9. The first-order valence-corrected chi connectivity index (χ1v) is 18.2. The molecule has 0 aromatic carbocycles. The van der Waals surface area contributed by atoms with Gasteiger partial charge in [0.1, 0.15) is 23.7 Å². The van der Waals surface area contributed by atoms with E-state index in [0.717, 1.165) is 0 Å². The maximum Gasteiger partial charge on any atom is 0.408 e. The van der Waals surface area contributed by atoms with Crippen molar-refractivity contribution < 1.29 is 47.0 Å². The normalized spacial score (nSPS) is 15.9. The highest BCUT2D eigenvalue weighted by molar-refractivity contribution is 7.98. The average molecular weight is 728 g/mol. The van der Waals surface area contributed by atoms with Gasteiger partial charge in [0.05, 0.1) is 18.6 Å². The molecule has 49 heavy (non-hydrogen) atoms. The first kappa shape index (κ1) is 46.2. The van der Waals surface area contributed by atoms with Crippen molar-refractivity contribution in [2.24, 2.45) is 23.7 Å². The van der Waals surface area contributed by atoms with Crippen LogP contribution in [0.15, 0.2) is 0 Å². The van der Waals surface area contributed by atoms with Crippen molar-refractivity contribution in [3.8, 4) is 0 Å². The van der Waals surface area contributed by atoms with Gasteiger partial charge in [0.15, 0.2) is 0 Å². The molecule has 0 spiro atoms. The maximum absolute atomic E-state index is 13.7. The van der Waals surface area contributed by atoms with Crippen LogP contribution in [0.2, 0.25) is 0 Å². The summed E-state index contributed by atoms with van der Waals surface area (Å²) in [7, 11) is 0. The molecule has 0 bridgehead atoms. The fraction of sp³-hybridized carbons (Fsp3) is 0.848. The summed E-state index contributed by atoms with van der Waals surface area (Å²) in [5.41, 5.74) is -0.811. The van der Waals surface area contributed by atoms with Gasteiger partial charge in [-0.25, -0.2) is 4.79 Å². The third-order valence-corrected chi connectivity index (χ3v) is 8.00. The van der Waals surface area contributed by atoms with E-state index in [2.05, 4.69) is 26.6 Å². The van der Waals surface area contributed by atoms with Crippen LogP contribution in [0.5, 0.6) is 0 Å². The van der Waals surface area contributed by atoms with E-state index in [1.165, 1.54) is 11.8 Å². The van der Waals surface area contributed by atoms with Gasteiger partial charge in [0.2, 0.25) is 23.6 Å². The lowest BCUT2D eigenvalue weighted by Gasteiger charge is -2.31. The van der Waals surface area contributed by atoms with Gasteiger partial charge in [0.25, 0.3) is 0 Å². The Morgan fingerprint density at radius 1 is 0.776 bits per heavy atom. The predicted octanol–water partition coefficient (Wildman–Crippen LogP) is 3.90. The van der Waals surface area contributed by atoms with Crippen molar-refractivity contribution in [2.45, 2.75) is 137 Å². The van der Waals surface area contributed by atoms with Gasteiger partial charge in [0, 0.05) is 12.5 Å². The molecule has 0 aromatic rings. The summed E-state index contributed by atoms with van der Waals surface area (Å²) < 4.78 is 46.2. The Kier molecular flexibility index (Phi) is 20.3. The number of alkyl halides is 3. The van der Waals surface area contributed by atoms with E-state index in [9.17, 15) is 42.3 Å². The summed E-state index contributed by atoms with van der Waals surface area (Å²) in [6.45, 7) is 17.3. The van der Waals surface area contributed by atoms with Gasteiger partial charge in [-0.2, -0.15) is 24.9 Å². The quantitative estimate of drug-likeness (QED) is 0.110. The minimum Gasteiger partial charge on any atom is -0.444 e. The second-order valence-electron chi connectivity index (χ2n) is 14.4. The molecule has 0 saturated heterocycles. The number of ether oxygens (including phenoxy) is 1. The molecule has 0 aromatic heterocycles. The molecule has 0 radical (unpaired) electrons. The minimum absolute atomic E-state index is 0.125. The van der Waals surface area contributed by atoms with Gasteiger partial charge in [-0.1, -0.05) is 41.5 Å². The number of likely N-dealkylation sites (N-methyl/N-ethyl adjacent to an activating group) is 1. The minimum atomic E-state index is -4.76. The fourth-order valence-corrected chi connectivity index (χ4v) is 5.42. The molecule has 6 atom stereocenters. The molecule has 0 unspecified atom stereocenters. The van der Waals surface area contributed by atoms with Crippen molar-refractivity contribution in [1.82, 2.24) is 26.6 Å². The molecule has 0 aliphatic heterocycles. The molecule has 6 N–H and O–H groups in total. The van der Waals surface area contributed by atoms with Gasteiger partial charge in [-0.05, 0) is 76.7 Å². The van der Waals surface area contributed by atoms with Crippen LogP contribution in [-0.2, 0) is 23.9 Å². The van der Waals surface area contributed by atoms with Gasteiger partial charge >= 0.3 is 12.3 Å². The van der Waals surface area contributed by atoms with Crippen molar-refractivity contribution in [1.29, 1.82) is 0 Å². The highest BCUT2D eigenvalue weighted by Crippen LogP contribution is 2.29. The molecular formula is C33H60F3N5O7S. The molecular weight excluding hydrogens is 667 g/mol. The smallest absolute Gasteiger partial charge is 0.408 e. The maximum atomic E-state index is 13.7. The van der Waals surface area contributed by atoms with Gasteiger partial charge < -0.3 is 36.4 Å². The number of nitrogens with one attached hydrogen (secondary N) is 5. The molecule has 5 amide bonds. The summed E-state index contributed by atoms with van der Waals surface area (Å²) in [6.07, 6.45) is -7.22. The standard InChI is InChI=1S/C33H60F3N5O7S/c1-12-37-29(45)25(19(4)5)40-27(43)21(17-33(34,35)36)16-24(42)23(15-18(2)3)39-28(44)22(13-14-49-11)38-30(46)26(20(6)7)41-31(47)48-32(8,9)10/h18-26,42H,12-17H2,1-11H3,(H,37,45)(H,38,46)(H,39,44)(H,40,43)(H,41,47)/t21-,22-,23-,24-,25-,26-/m0/s1. The van der Waals surface area contributed by atoms with Crippen LogP contribution < -0.4 is 26.6 Å². The fourth-order valence-electron chi connectivity index (χ4n) is 4.95. The highest BCUT2D eigenvalue weighted by Gasteiger charge is 2.40. The Morgan fingerprint density at radius 3 is 1.78 bits per heavy atom. The molecule has 0 heterocycles. The largest absolute Gasteiger partial charge is 0.444 e. The van der Waals surface area contributed by atoms with Crippen LogP contribution in [0.4, 0.5) is 18.0 Å². The highest BCUT2D eigenvalue weighted by atomic mass is 32.2. The van der Waals surface area contributed by atoms with Crippen molar-refractivity contribution in [2.75, 3.05) is 18.6 Å². The number of hydrogen-bond donors (Lipinski definition) is 6. The van der Waals surface area contributed by atoms with Crippen LogP contribution in [-0.4, -0.2) is 95.4 Å². The molecule has 0 aliphatic carbocycles. The SMILES string of the molecule is CCNC(=O)[C@@H](NC(=O)[C@@H](C[C@H](O)[C@H](CC(C)C)NC(=O)[C@H](CCSC)NC(=O)[C@@H](NC(=O)OC(C)(C)C)C(C)C)CC(F)(F)F)C(C)C. The monoisotopic (exact) mass is 727 g/mol. The van der Waals surface area contributed by atoms with Crippen LogP contribution in [0.25, 0.3) is 0 Å². The van der Waals surface area contributed by atoms with E-state index in [1.807, 2.05) is 6.26 Å². The van der Waals surface area contributed by atoms with Gasteiger partial charge in [-0.15, -0.1) is 0 Å². The number of thioether (sulfide) groups is 1. The number of amides is 5. The summed E-state index contributed by atoms with van der Waals surface area (Å²) in [6, 6.07) is -4.32. The average Bonchev–Trinajstić information content (AvgIpc) is 2.93. The Balaban J connectivity index is 6.18. The summed E-state index contributed by atoms with van der Waals surface area (Å²) in [5.74, 6) is -5.14. The summed E-state index contributed by atoms with van der Waals surface area (Å²) in [4.78, 5) is 65.1. The van der Waals surface area contributed by atoms with E-state index in [4.69, 9.17) is 4.74 Å². The molecule has 16 heteroatoms. The number of hydrogen-bond acceptors (Lipinski definition) is 8. The van der Waals surface area contributed by atoms with Crippen molar-refractivity contribution in [3.05, 3.63) is 0 Å². The third kappa shape index (κ3) is 19.3. The second kappa shape index (κ2) is 21.5. The van der Waals surface area contributed by atoms with E-state index in [1.54, 1.807) is 69.2 Å². The lowest BCUT2D eigenvalue weighted by Crippen LogP contribution is -2.58. The first-order chi connectivity index (χ1) is 22.4. The second-order valence-corrected chi connectivity index (χ2v) is 15.4. The Morgan fingerprint density at radius 2 is 1.33 bits per heavy atom. The zero-order valence-corrected chi connectivity index (χ0v) is 31.7. The number of carbonyl (C=O) groups excluding carboxylic acids is 5. The molecule has 0 fully saturated rings. The van der Waals surface area contributed by atoms with Crippen LogP contribution in [0, 0.1) is 23.7 Å². The molecule has 0 aliphatic rings. The van der Waals surface area contributed by atoms with E-state index >= 15 is 0 Å². The Labute approximate surface area is 294 Å². The summed E-state index contributed by atoms with van der Waals surface area (Å²) in [5, 5.41) is 24.2. The number of aliphatic hydroxyl groups is 1. The number of carbonyl (C=O) groups is 5. The number of aliphatic hydroxyl groups excluding tert-OH is 1. The van der Waals surface area contributed by atoms with Crippen molar-refractivity contribution in [3.63, 3.8) is 0 Å². The van der Waals surface area contributed by atoms with Crippen LogP contribution in [0.1, 0.15) is 94.9 Å². The van der Waals surface area contributed by atoms with E-state index < -0.39 is 96.4 Å². The van der Waals surface area contributed by atoms with Crippen molar-refractivity contribution >= 4 is 41.5 Å². The van der Waals surface area contributed by atoms with E-state index in [-0.39, 0.29) is 31.2 Å². The first-order valence-electron chi connectivity index (χ1n) is 16.8. The number of halogens is 3. The third-order valence-electron chi connectivity index (χ3n) is 7.36. The number of alkyl carbamates (subject to hydrolysis) is 1. The Hall–Kier alpha value is -2.75. The zero-order chi connectivity index (χ0) is 38.3.